The van der Waals surface area contributed by atoms with Crippen molar-refractivity contribution in [2.24, 2.45) is 11.7 Å². The number of hydrogen-bond donors (Lipinski definition) is 1. The predicted octanol–water partition coefficient (Wildman–Crippen LogP) is 2.36. The average molecular weight is 302 g/mol. The highest BCUT2D eigenvalue weighted by Crippen LogP contribution is 2.27. The first-order valence-corrected chi connectivity index (χ1v) is 7.22. The first-order chi connectivity index (χ1) is 9.90. The van der Waals surface area contributed by atoms with Crippen molar-refractivity contribution in [3.63, 3.8) is 0 Å². The molecule has 4 nitrogen and oxygen atoms in total. The summed E-state index contributed by atoms with van der Waals surface area (Å²) in [4.78, 5) is 9.28. The summed E-state index contributed by atoms with van der Waals surface area (Å²) in [7, 11) is 0. The molecule has 1 aromatic rings. The molecule has 21 heavy (non-hydrogen) atoms. The van der Waals surface area contributed by atoms with Crippen molar-refractivity contribution in [1.82, 2.24) is 14.9 Å². The van der Waals surface area contributed by atoms with Gasteiger partial charge >= 0.3 is 6.18 Å². The van der Waals surface area contributed by atoms with E-state index in [-0.39, 0.29) is 0 Å². The second-order valence-corrected chi connectivity index (χ2v) is 5.62. The van der Waals surface area contributed by atoms with E-state index in [0.29, 0.717) is 24.7 Å². The van der Waals surface area contributed by atoms with E-state index in [4.69, 9.17) is 5.73 Å². The smallest absolute Gasteiger partial charge is 0.330 e. The Kier molecular flexibility index (Phi) is 5.16. The van der Waals surface area contributed by atoms with Crippen LogP contribution in [-0.4, -0.2) is 34.5 Å². The first-order valence-electron chi connectivity index (χ1n) is 7.22. The maximum atomic E-state index is 12.5. The summed E-state index contributed by atoms with van der Waals surface area (Å²) < 4.78 is 37.6. The van der Waals surface area contributed by atoms with Gasteiger partial charge in [0.2, 0.25) is 5.82 Å². The van der Waals surface area contributed by atoms with Gasteiger partial charge in [-0.25, -0.2) is 9.97 Å². The van der Waals surface area contributed by atoms with Crippen LogP contribution >= 0.6 is 0 Å². The Hall–Kier alpha value is -1.21. The zero-order valence-corrected chi connectivity index (χ0v) is 12.2. The van der Waals surface area contributed by atoms with Gasteiger partial charge in [0.05, 0.1) is 0 Å². The van der Waals surface area contributed by atoms with Crippen LogP contribution in [-0.2, 0) is 12.7 Å². The van der Waals surface area contributed by atoms with E-state index in [1.165, 1.54) is 12.6 Å². The van der Waals surface area contributed by atoms with Gasteiger partial charge in [-0.1, -0.05) is 0 Å². The molecule has 2 heterocycles. The molecule has 118 valence electrons. The molecule has 2 N–H and O–H groups in total. The molecule has 0 saturated carbocycles. The number of hydrogen-bond acceptors (Lipinski definition) is 4. The third-order valence-electron chi connectivity index (χ3n) is 3.91. The number of nitrogens with two attached hydrogens (primary N) is 1. The van der Waals surface area contributed by atoms with Crippen LogP contribution in [0.4, 0.5) is 13.2 Å². The Labute approximate surface area is 122 Å². The summed E-state index contributed by atoms with van der Waals surface area (Å²) in [6.45, 7) is 4.79. The quantitative estimate of drug-likeness (QED) is 0.927. The van der Waals surface area contributed by atoms with E-state index in [1.54, 1.807) is 6.92 Å². The van der Waals surface area contributed by atoms with Crippen LogP contribution in [0.15, 0.2) is 6.20 Å². The van der Waals surface area contributed by atoms with E-state index >= 15 is 0 Å². The van der Waals surface area contributed by atoms with Crippen LogP contribution in [0.2, 0.25) is 0 Å². The van der Waals surface area contributed by atoms with E-state index in [0.717, 1.165) is 31.5 Å². The van der Waals surface area contributed by atoms with Crippen LogP contribution < -0.4 is 5.73 Å². The molecule has 1 saturated heterocycles. The van der Waals surface area contributed by atoms with Gasteiger partial charge in [-0.15, -0.1) is 0 Å². The molecule has 1 atom stereocenters. The summed E-state index contributed by atoms with van der Waals surface area (Å²) >= 11 is 0. The summed E-state index contributed by atoms with van der Waals surface area (Å²) in [5, 5.41) is 0. The number of alkyl halides is 3. The molecule has 0 spiro atoms. The lowest BCUT2D eigenvalue weighted by Gasteiger charge is -2.32. The van der Waals surface area contributed by atoms with Gasteiger partial charge in [0, 0.05) is 30.5 Å². The Balaban J connectivity index is 2.02. The van der Waals surface area contributed by atoms with Crippen LogP contribution in [0.1, 0.15) is 36.3 Å². The zero-order valence-electron chi connectivity index (χ0n) is 12.2. The highest BCUT2D eigenvalue weighted by molar-refractivity contribution is 5.17. The van der Waals surface area contributed by atoms with E-state index in [9.17, 15) is 13.2 Å². The van der Waals surface area contributed by atoms with Gasteiger partial charge in [0.25, 0.3) is 0 Å². The van der Waals surface area contributed by atoms with Gasteiger partial charge in [-0.2, -0.15) is 13.2 Å². The Bertz CT molecular complexity index is 474. The molecule has 0 aromatic carbocycles. The third kappa shape index (κ3) is 4.38. The van der Waals surface area contributed by atoms with Gasteiger partial charge < -0.3 is 5.73 Å². The fourth-order valence-electron chi connectivity index (χ4n) is 2.79. The SMILES string of the molecule is Cc1nc(C(F)(F)F)ncc1CN1CCCC(CCN)C1. The molecular formula is C14H21F3N4. The minimum absolute atomic E-state index is 0.401. The molecule has 1 aliphatic heterocycles. The fourth-order valence-corrected chi connectivity index (χ4v) is 2.79. The van der Waals surface area contributed by atoms with E-state index < -0.39 is 12.0 Å². The second kappa shape index (κ2) is 6.70. The molecular weight excluding hydrogens is 281 g/mol. The van der Waals surface area contributed by atoms with Crippen molar-refractivity contribution in [1.29, 1.82) is 0 Å². The maximum Gasteiger partial charge on any atom is 0.451 e. The van der Waals surface area contributed by atoms with Crippen LogP contribution in [0, 0.1) is 12.8 Å². The molecule has 0 radical (unpaired) electrons. The minimum atomic E-state index is -4.49. The van der Waals surface area contributed by atoms with Gasteiger partial charge in [-0.05, 0) is 45.2 Å². The van der Waals surface area contributed by atoms with Crippen LogP contribution in [0.3, 0.4) is 0 Å². The van der Waals surface area contributed by atoms with Crippen molar-refractivity contribution in [2.45, 2.75) is 38.9 Å². The molecule has 7 heteroatoms. The number of aryl methyl sites for hydroxylation is 1. The Morgan fingerprint density at radius 1 is 1.43 bits per heavy atom. The lowest BCUT2D eigenvalue weighted by molar-refractivity contribution is -0.145. The Morgan fingerprint density at radius 2 is 2.19 bits per heavy atom. The standard InChI is InChI=1S/C14H21F3N4/c1-10-12(7-19-13(20-10)14(15,16)17)9-21-6-2-3-11(8-21)4-5-18/h7,11H,2-6,8-9,18H2,1H3. The second-order valence-electron chi connectivity index (χ2n) is 5.62. The zero-order chi connectivity index (χ0) is 15.5. The number of piperidine rings is 1. The number of rotatable bonds is 4. The van der Waals surface area contributed by atoms with Crippen LogP contribution in [0.5, 0.6) is 0 Å². The number of nitrogens with zero attached hydrogens (tertiary/aromatic N) is 3. The van der Waals surface area contributed by atoms with E-state index in [1.807, 2.05) is 0 Å². The third-order valence-corrected chi connectivity index (χ3v) is 3.91. The van der Waals surface area contributed by atoms with Gasteiger partial charge in [-0.3, -0.25) is 4.90 Å². The highest BCUT2D eigenvalue weighted by Gasteiger charge is 2.35. The van der Waals surface area contributed by atoms with Crippen molar-refractivity contribution in [3.8, 4) is 0 Å². The number of likely N-dealkylation sites (tertiary alicyclic amines) is 1. The summed E-state index contributed by atoms with van der Waals surface area (Å²) in [5.41, 5.74) is 6.76. The van der Waals surface area contributed by atoms with Crippen molar-refractivity contribution in [3.05, 3.63) is 23.3 Å². The number of aromatic nitrogens is 2. The maximum absolute atomic E-state index is 12.5. The molecule has 0 bridgehead atoms. The van der Waals surface area contributed by atoms with Crippen molar-refractivity contribution < 1.29 is 13.2 Å². The minimum Gasteiger partial charge on any atom is -0.330 e. The van der Waals surface area contributed by atoms with E-state index in [2.05, 4.69) is 14.9 Å². The van der Waals surface area contributed by atoms with Crippen LogP contribution in [0.25, 0.3) is 0 Å². The fraction of sp³-hybridized carbons (Fsp3) is 0.714. The van der Waals surface area contributed by atoms with Gasteiger partial charge in [0.15, 0.2) is 0 Å². The Morgan fingerprint density at radius 3 is 2.81 bits per heavy atom. The molecule has 0 aliphatic carbocycles. The molecule has 2 rings (SSSR count). The molecule has 0 amide bonds. The number of halogens is 3. The molecule has 1 fully saturated rings. The largest absolute Gasteiger partial charge is 0.451 e. The summed E-state index contributed by atoms with van der Waals surface area (Å²) in [6, 6.07) is 0. The highest BCUT2D eigenvalue weighted by atomic mass is 19.4. The lowest BCUT2D eigenvalue weighted by Crippen LogP contribution is -2.36. The molecule has 1 aliphatic rings. The molecule has 1 unspecified atom stereocenters. The van der Waals surface area contributed by atoms with Gasteiger partial charge in [0.1, 0.15) is 0 Å². The van der Waals surface area contributed by atoms with Crippen molar-refractivity contribution >= 4 is 0 Å². The summed E-state index contributed by atoms with van der Waals surface area (Å²) in [5.74, 6) is -0.483. The predicted molar refractivity (Wildman–Crippen MR) is 73.4 cm³/mol. The topological polar surface area (TPSA) is 55.0 Å². The molecule has 1 aromatic heterocycles. The average Bonchev–Trinajstić information content (AvgIpc) is 2.41. The normalized spacial score (nSPS) is 20.7. The lowest BCUT2D eigenvalue weighted by atomic mass is 9.94. The first kappa shape index (κ1) is 16.2. The summed E-state index contributed by atoms with van der Waals surface area (Å²) in [6.07, 6.45) is 0.0960. The van der Waals surface area contributed by atoms with Crippen molar-refractivity contribution in [2.75, 3.05) is 19.6 Å². The monoisotopic (exact) mass is 302 g/mol.